The molecule has 1 unspecified atom stereocenters. The second-order valence-corrected chi connectivity index (χ2v) is 16.7. The van der Waals surface area contributed by atoms with Crippen molar-refractivity contribution >= 4 is 42.2 Å². The van der Waals surface area contributed by atoms with E-state index in [-0.39, 0.29) is 11.1 Å². The molecule has 0 saturated carbocycles. The van der Waals surface area contributed by atoms with Gasteiger partial charge in [0, 0.05) is 18.4 Å². The van der Waals surface area contributed by atoms with Crippen molar-refractivity contribution in [3.8, 4) is 0 Å². The van der Waals surface area contributed by atoms with Gasteiger partial charge in [0.1, 0.15) is 16.9 Å². The number of para-hydroxylation sites is 1. The number of amides is 1. The second kappa shape index (κ2) is 10.4. The predicted octanol–water partition coefficient (Wildman–Crippen LogP) is 6.03. The van der Waals surface area contributed by atoms with Crippen LogP contribution in [0.25, 0.3) is 21.9 Å². The van der Waals surface area contributed by atoms with Crippen LogP contribution in [0.3, 0.4) is 0 Å². The summed E-state index contributed by atoms with van der Waals surface area (Å²) < 4.78 is 14.6. The Hall–Kier alpha value is -2.65. The lowest BCUT2D eigenvalue weighted by atomic mass is 10.2. The number of aromatic nitrogens is 3. The third-order valence-corrected chi connectivity index (χ3v) is 11.2. The SMILES string of the molecule is CCCc1nc2c(N)nc3ccccc3c2n1CC(CNC(=O)OC(C)(C)C)O[Si](C)(C)C(C)(C)C. The highest BCUT2D eigenvalue weighted by Crippen LogP contribution is 2.38. The van der Waals surface area contributed by atoms with Gasteiger partial charge in [0.15, 0.2) is 14.1 Å². The minimum absolute atomic E-state index is 0.0153. The Labute approximate surface area is 216 Å². The summed E-state index contributed by atoms with van der Waals surface area (Å²) in [5, 5.41) is 3.96. The Balaban J connectivity index is 2.06. The van der Waals surface area contributed by atoms with Crippen LogP contribution in [0.15, 0.2) is 24.3 Å². The Morgan fingerprint density at radius 2 is 1.81 bits per heavy atom. The number of benzene rings is 1. The maximum absolute atomic E-state index is 12.5. The van der Waals surface area contributed by atoms with Crippen molar-refractivity contribution < 1.29 is 14.0 Å². The summed E-state index contributed by atoms with van der Waals surface area (Å²) in [6, 6.07) is 7.99. The van der Waals surface area contributed by atoms with E-state index in [1.54, 1.807) is 0 Å². The van der Waals surface area contributed by atoms with Gasteiger partial charge in [-0.15, -0.1) is 0 Å². The molecule has 0 aliphatic rings. The zero-order valence-electron chi connectivity index (χ0n) is 23.4. The lowest BCUT2D eigenvalue weighted by molar-refractivity contribution is 0.0490. The van der Waals surface area contributed by atoms with E-state index in [2.05, 4.69) is 61.7 Å². The zero-order chi connectivity index (χ0) is 26.9. The van der Waals surface area contributed by atoms with Gasteiger partial charge in [-0.2, -0.15) is 0 Å². The van der Waals surface area contributed by atoms with Crippen LogP contribution in [0.2, 0.25) is 18.1 Å². The summed E-state index contributed by atoms with van der Waals surface area (Å²) in [6.45, 7) is 19.7. The third-order valence-electron chi connectivity index (χ3n) is 6.69. The number of anilines is 1. The van der Waals surface area contributed by atoms with Gasteiger partial charge in [-0.25, -0.2) is 14.8 Å². The van der Waals surface area contributed by atoms with Gasteiger partial charge >= 0.3 is 6.09 Å². The number of aryl methyl sites for hydroxylation is 1. The molecule has 2 aromatic heterocycles. The van der Waals surface area contributed by atoms with Crippen molar-refractivity contribution in [3.05, 3.63) is 30.1 Å². The molecule has 3 aromatic rings. The summed E-state index contributed by atoms with van der Waals surface area (Å²) in [5.41, 5.74) is 8.30. The van der Waals surface area contributed by atoms with Gasteiger partial charge in [-0.3, -0.25) is 0 Å². The van der Waals surface area contributed by atoms with Crippen molar-refractivity contribution in [3.63, 3.8) is 0 Å². The first-order valence-corrected chi connectivity index (χ1v) is 15.7. The Morgan fingerprint density at radius 3 is 2.42 bits per heavy atom. The molecule has 1 amide bonds. The molecule has 0 radical (unpaired) electrons. The standard InChI is InChI=1S/C27H43N5O3Si/c1-10-13-21-31-22-23(19-14-11-12-15-20(19)30-24(22)28)32(21)17-18(35-36(8,9)27(5,6)7)16-29-25(33)34-26(2,3)4/h11-12,14-15,18H,10,13,16-17H2,1-9H3,(H2,28,30)(H,29,33). The van der Waals surface area contributed by atoms with Gasteiger partial charge in [-0.05, 0) is 51.4 Å². The number of rotatable bonds is 8. The molecule has 8 nitrogen and oxygen atoms in total. The van der Waals surface area contributed by atoms with Crippen LogP contribution in [-0.4, -0.2) is 47.2 Å². The first kappa shape index (κ1) is 27.9. The predicted molar refractivity (Wildman–Crippen MR) is 150 cm³/mol. The molecule has 0 bridgehead atoms. The molecule has 3 N–H and O–H groups in total. The average Bonchev–Trinajstić information content (AvgIpc) is 3.09. The smallest absolute Gasteiger partial charge is 0.407 e. The number of nitrogen functional groups attached to an aromatic ring is 1. The van der Waals surface area contributed by atoms with E-state index < -0.39 is 20.0 Å². The fourth-order valence-electron chi connectivity index (χ4n) is 3.97. The van der Waals surface area contributed by atoms with Crippen LogP contribution >= 0.6 is 0 Å². The fourth-order valence-corrected chi connectivity index (χ4v) is 5.31. The van der Waals surface area contributed by atoms with E-state index in [0.29, 0.717) is 24.4 Å². The Morgan fingerprint density at radius 1 is 1.14 bits per heavy atom. The minimum atomic E-state index is -2.15. The molecule has 2 heterocycles. The zero-order valence-corrected chi connectivity index (χ0v) is 24.4. The van der Waals surface area contributed by atoms with Crippen LogP contribution in [0.4, 0.5) is 10.6 Å². The summed E-state index contributed by atoms with van der Waals surface area (Å²) >= 11 is 0. The Bertz CT molecular complexity index is 1220. The number of pyridine rings is 1. The average molecular weight is 514 g/mol. The molecular weight excluding hydrogens is 470 g/mol. The molecule has 0 aliphatic carbocycles. The molecule has 9 heteroatoms. The van der Waals surface area contributed by atoms with Crippen molar-refractivity contribution in [1.82, 2.24) is 19.9 Å². The number of nitrogens with zero attached hydrogens (tertiary/aromatic N) is 3. The van der Waals surface area contributed by atoms with Crippen LogP contribution < -0.4 is 11.1 Å². The van der Waals surface area contributed by atoms with E-state index in [4.69, 9.17) is 19.9 Å². The lowest BCUT2D eigenvalue weighted by Gasteiger charge is -2.39. The van der Waals surface area contributed by atoms with Crippen molar-refractivity contribution in [1.29, 1.82) is 0 Å². The molecular formula is C27H43N5O3Si. The summed E-state index contributed by atoms with van der Waals surface area (Å²) in [7, 11) is -2.15. The lowest BCUT2D eigenvalue weighted by Crippen LogP contribution is -2.48. The van der Waals surface area contributed by atoms with Gasteiger partial charge in [-0.1, -0.05) is 45.9 Å². The quantitative estimate of drug-likeness (QED) is 0.356. The molecule has 0 aliphatic heterocycles. The molecule has 0 fully saturated rings. The number of ether oxygens (including phenoxy) is 1. The minimum Gasteiger partial charge on any atom is -0.444 e. The summed E-state index contributed by atoms with van der Waals surface area (Å²) in [6.07, 6.45) is 1.02. The largest absolute Gasteiger partial charge is 0.444 e. The highest BCUT2D eigenvalue weighted by molar-refractivity contribution is 6.74. The topological polar surface area (TPSA) is 104 Å². The van der Waals surface area contributed by atoms with E-state index in [1.807, 2.05) is 39.0 Å². The molecule has 1 aromatic carbocycles. The first-order chi connectivity index (χ1) is 16.6. The van der Waals surface area contributed by atoms with Crippen molar-refractivity contribution in [2.24, 2.45) is 0 Å². The summed E-state index contributed by atoms with van der Waals surface area (Å²) in [4.78, 5) is 22.0. The van der Waals surface area contributed by atoms with Gasteiger partial charge < -0.3 is 24.8 Å². The van der Waals surface area contributed by atoms with Crippen molar-refractivity contribution in [2.45, 2.75) is 97.7 Å². The molecule has 0 saturated heterocycles. The number of fused-ring (bicyclic) bond motifs is 3. The molecule has 1 atom stereocenters. The number of carbonyl (C=O) groups excluding carboxylic acids is 1. The van der Waals surface area contributed by atoms with E-state index in [1.165, 1.54) is 0 Å². The number of nitrogens with two attached hydrogens (primary N) is 1. The van der Waals surface area contributed by atoms with E-state index >= 15 is 0 Å². The number of alkyl carbamates (subject to hydrolysis) is 1. The van der Waals surface area contributed by atoms with Gasteiger partial charge in [0.25, 0.3) is 0 Å². The third kappa shape index (κ3) is 6.36. The normalized spacial score (nSPS) is 13.8. The highest BCUT2D eigenvalue weighted by Gasteiger charge is 2.39. The number of nitrogens with one attached hydrogen (secondary N) is 1. The number of carbonyl (C=O) groups is 1. The van der Waals surface area contributed by atoms with Crippen LogP contribution in [0.5, 0.6) is 0 Å². The monoisotopic (exact) mass is 513 g/mol. The van der Waals surface area contributed by atoms with Gasteiger partial charge in [0.05, 0.1) is 23.7 Å². The highest BCUT2D eigenvalue weighted by atomic mass is 28.4. The Kier molecular flexibility index (Phi) is 8.05. The maximum atomic E-state index is 12.5. The molecule has 198 valence electrons. The van der Waals surface area contributed by atoms with E-state index in [0.717, 1.165) is 35.1 Å². The summed E-state index contributed by atoms with van der Waals surface area (Å²) in [5.74, 6) is 1.37. The van der Waals surface area contributed by atoms with E-state index in [9.17, 15) is 4.79 Å². The van der Waals surface area contributed by atoms with Crippen LogP contribution in [0, 0.1) is 0 Å². The van der Waals surface area contributed by atoms with Crippen LogP contribution in [-0.2, 0) is 22.1 Å². The second-order valence-electron chi connectivity index (χ2n) is 12.0. The molecule has 3 rings (SSSR count). The number of hydrogen-bond donors (Lipinski definition) is 2. The number of imidazole rings is 1. The maximum Gasteiger partial charge on any atom is 0.407 e. The van der Waals surface area contributed by atoms with Gasteiger partial charge in [0.2, 0.25) is 0 Å². The first-order valence-electron chi connectivity index (χ1n) is 12.8. The van der Waals surface area contributed by atoms with Crippen LogP contribution in [0.1, 0.15) is 60.7 Å². The molecule has 36 heavy (non-hydrogen) atoms. The molecule has 0 spiro atoms. The fraction of sp³-hybridized carbons (Fsp3) is 0.593. The number of hydrogen-bond acceptors (Lipinski definition) is 6. The van der Waals surface area contributed by atoms with Crippen molar-refractivity contribution in [2.75, 3.05) is 12.3 Å².